The number of hydrogen-bond donors (Lipinski definition) is 3. The van der Waals surface area contributed by atoms with Gasteiger partial charge in [-0.05, 0) is 49.7 Å². The topological polar surface area (TPSA) is 149 Å². The van der Waals surface area contributed by atoms with Gasteiger partial charge in [0.25, 0.3) is 5.91 Å². The molecule has 3 aromatic rings. The van der Waals surface area contributed by atoms with Gasteiger partial charge < -0.3 is 35.0 Å². The largest absolute Gasteiger partial charge is 0.465 e. The fourth-order valence-corrected chi connectivity index (χ4v) is 6.00. The van der Waals surface area contributed by atoms with Crippen LogP contribution in [0.25, 0.3) is 11.2 Å². The van der Waals surface area contributed by atoms with Crippen LogP contribution in [-0.2, 0) is 9.53 Å². The molecule has 2 aromatic heterocycles. The number of aliphatic hydroxyl groups excluding tert-OH is 1. The zero-order chi connectivity index (χ0) is 28.6. The van der Waals surface area contributed by atoms with Crippen LogP contribution in [0.5, 0.6) is 0 Å². The minimum Gasteiger partial charge on any atom is -0.465 e. The number of piperidine rings is 1. The van der Waals surface area contributed by atoms with E-state index in [1.807, 2.05) is 28.9 Å². The Kier molecular flexibility index (Phi) is 7.39. The van der Waals surface area contributed by atoms with E-state index in [1.54, 1.807) is 11.1 Å². The summed E-state index contributed by atoms with van der Waals surface area (Å²) in [6.45, 7) is 5.02. The molecule has 218 valence electrons. The number of carboxylic acid groups (broad SMARTS) is 1. The fourth-order valence-electron chi connectivity index (χ4n) is 6.00. The van der Waals surface area contributed by atoms with Crippen molar-refractivity contribution in [2.24, 2.45) is 5.41 Å². The van der Waals surface area contributed by atoms with Crippen LogP contribution in [0, 0.1) is 5.41 Å². The molecule has 0 bridgehead atoms. The third-order valence-electron chi connectivity index (χ3n) is 8.46. The van der Waals surface area contributed by atoms with Crippen molar-refractivity contribution in [3.63, 3.8) is 0 Å². The van der Waals surface area contributed by atoms with Gasteiger partial charge in [0.15, 0.2) is 23.2 Å². The fraction of sp³-hybridized carbons (Fsp3) is 0.536. The van der Waals surface area contributed by atoms with E-state index < -0.39 is 12.7 Å². The lowest BCUT2D eigenvalue weighted by Crippen LogP contribution is -2.44. The maximum Gasteiger partial charge on any atom is 0.404 e. The number of nitrogens with one attached hydrogen (secondary N) is 1. The van der Waals surface area contributed by atoms with Crippen molar-refractivity contribution in [3.8, 4) is 0 Å². The Morgan fingerprint density at radius 2 is 1.90 bits per heavy atom. The van der Waals surface area contributed by atoms with Gasteiger partial charge in [0, 0.05) is 39.3 Å². The van der Waals surface area contributed by atoms with Crippen LogP contribution in [0.15, 0.2) is 30.5 Å². The second-order valence-corrected chi connectivity index (χ2v) is 11.3. The molecule has 1 atom stereocenters. The average molecular weight is 565 g/mol. The molecule has 6 rings (SSSR count). The van der Waals surface area contributed by atoms with Gasteiger partial charge in [0.1, 0.15) is 12.4 Å². The van der Waals surface area contributed by atoms with E-state index in [9.17, 15) is 14.7 Å². The van der Waals surface area contributed by atoms with Crippen LogP contribution in [0.4, 0.5) is 27.8 Å². The summed E-state index contributed by atoms with van der Waals surface area (Å²) in [5, 5.41) is 26.1. The minimum atomic E-state index is -0.997. The molecule has 0 aliphatic carbocycles. The summed E-state index contributed by atoms with van der Waals surface area (Å²) < 4.78 is 7.99. The number of nitrogens with zero attached hydrogens (tertiary/aromatic N) is 7. The van der Waals surface area contributed by atoms with Crippen LogP contribution in [-0.4, -0.2) is 87.9 Å². The standard InChI is InChI=1S/C28H36N8O5/c1-28(18-30-27(39)40)9-11-33(12-10-28)21-16-29-24-25(31-21)36(23-8-4-5-15-41-23)32-26(24)35-14-13-34(22(38)17-37)19-6-2-3-7-20(19)35/h2-3,6-7,16,23,30,37H,4-5,8-15,17-18H2,1H3,(H,39,40). The predicted molar refractivity (Wildman–Crippen MR) is 153 cm³/mol. The summed E-state index contributed by atoms with van der Waals surface area (Å²) in [6.07, 6.45) is 5.08. The lowest BCUT2D eigenvalue weighted by Gasteiger charge is -2.39. The van der Waals surface area contributed by atoms with Gasteiger partial charge in [-0.2, -0.15) is 0 Å². The Morgan fingerprint density at radius 3 is 2.61 bits per heavy atom. The summed E-state index contributed by atoms with van der Waals surface area (Å²) in [6, 6.07) is 7.61. The molecule has 13 heteroatoms. The lowest BCUT2D eigenvalue weighted by atomic mass is 9.80. The summed E-state index contributed by atoms with van der Waals surface area (Å²) in [4.78, 5) is 39.3. The first kappa shape index (κ1) is 27.2. The number of carbonyl (C=O) groups is 2. The second kappa shape index (κ2) is 11.1. The van der Waals surface area contributed by atoms with E-state index in [1.165, 1.54) is 0 Å². The highest BCUT2D eigenvalue weighted by atomic mass is 16.5. The summed E-state index contributed by atoms with van der Waals surface area (Å²) in [7, 11) is 0. The maximum atomic E-state index is 12.5. The number of hydrogen-bond acceptors (Lipinski definition) is 9. The number of aromatic nitrogens is 4. The monoisotopic (exact) mass is 564 g/mol. The average Bonchev–Trinajstić information content (AvgIpc) is 3.38. The molecule has 0 saturated carbocycles. The van der Waals surface area contributed by atoms with E-state index in [0.717, 1.165) is 56.7 Å². The molecule has 2 amide bonds. The van der Waals surface area contributed by atoms with E-state index in [4.69, 9.17) is 24.9 Å². The van der Waals surface area contributed by atoms with Crippen molar-refractivity contribution in [1.29, 1.82) is 0 Å². The van der Waals surface area contributed by atoms with E-state index in [2.05, 4.69) is 22.0 Å². The van der Waals surface area contributed by atoms with Gasteiger partial charge in [0.05, 0.1) is 17.6 Å². The molecule has 3 aliphatic heterocycles. The van der Waals surface area contributed by atoms with Gasteiger partial charge in [-0.25, -0.2) is 19.4 Å². The summed E-state index contributed by atoms with van der Waals surface area (Å²) in [5.41, 5.74) is 2.73. The smallest absolute Gasteiger partial charge is 0.404 e. The highest BCUT2D eigenvalue weighted by molar-refractivity contribution is 6.00. The van der Waals surface area contributed by atoms with Crippen molar-refractivity contribution < 1.29 is 24.5 Å². The van der Waals surface area contributed by atoms with Gasteiger partial charge in [-0.1, -0.05) is 19.1 Å². The third kappa shape index (κ3) is 5.26. The molecule has 1 aromatic carbocycles. The first-order valence-corrected chi connectivity index (χ1v) is 14.2. The first-order chi connectivity index (χ1) is 19.9. The zero-order valence-electron chi connectivity index (χ0n) is 23.2. The number of fused-ring (bicyclic) bond motifs is 2. The Labute approximate surface area is 237 Å². The van der Waals surface area contributed by atoms with Crippen LogP contribution in [0.2, 0.25) is 0 Å². The molecule has 2 fully saturated rings. The number of ether oxygens (including phenoxy) is 1. The molecular formula is C28H36N8O5. The number of aliphatic hydroxyl groups is 1. The van der Waals surface area contributed by atoms with Gasteiger partial charge >= 0.3 is 6.09 Å². The highest BCUT2D eigenvalue weighted by Crippen LogP contribution is 2.41. The minimum absolute atomic E-state index is 0.107. The van der Waals surface area contributed by atoms with E-state index in [0.29, 0.717) is 48.9 Å². The second-order valence-electron chi connectivity index (χ2n) is 11.3. The Balaban J connectivity index is 1.35. The summed E-state index contributed by atoms with van der Waals surface area (Å²) in [5.74, 6) is 1.07. The number of benzene rings is 1. The number of amides is 2. The van der Waals surface area contributed by atoms with Crippen LogP contribution < -0.4 is 20.0 Å². The predicted octanol–water partition coefficient (Wildman–Crippen LogP) is 2.88. The van der Waals surface area contributed by atoms with E-state index in [-0.39, 0.29) is 17.6 Å². The first-order valence-electron chi connectivity index (χ1n) is 14.2. The molecule has 1 unspecified atom stereocenters. The molecule has 5 heterocycles. The summed E-state index contributed by atoms with van der Waals surface area (Å²) >= 11 is 0. The number of para-hydroxylation sites is 2. The van der Waals surface area contributed by atoms with Crippen molar-refractivity contribution in [3.05, 3.63) is 30.5 Å². The molecule has 0 radical (unpaired) electrons. The number of anilines is 4. The third-order valence-corrected chi connectivity index (χ3v) is 8.46. The molecule has 3 N–H and O–H groups in total. The number of carbonyl (C=O) groups excluding carboxylic acids is 1. The normalized spacial score (nSPS) is 20.6. The SMILES string of the molecule is CC1(CNC(=O)O)CCN(c2cnc3c(N4CCN(C(=O)CO)c5ccccc54)nn(C4CCCCO4)c3n2)CC1. The lowest BCUT2D eigenvalue weighted by molar-refractivity contribution is -0.121. The van der Waals surface area contributed by atoms with Gasteiger partial charge in [-0.3, -0.25) is 4.79 Å². The Hall–Kier alpha value is -3.97. The van der Waals surface area contributed by atoms with Crippen molar-refractivity contribution in [2.45, 2.75) is 45.3 Å². The number of rotatable bonds is 6. The molecule has 3 aliphatic rings. The molecule has 13 nitrogen and oxygen atoms in total. The molecule has 0 spiro atoms. The molecule has 41 heavy (non-hydrogen) atoms. The quantitative estimate of drug-likeness (QED) is 0.408. The van der Waals surface area contributed by atoms with Crippen molar-refractivity contribution in [2.75, 3.05) is 60.6 Å². The van der Waals surface area contributed by atoms with Gasteiger partial charge in [-0.15, -0.1) is 5.10 Å². The van der Waals surface area contributed by atoms with Gasteiger partial charge in [0.2, 0.25) is 0 Å². The molecular weight excluding hydrogens is 528 g/mol. The van der Waals surface area contributed by atoms with Crippen LogP contribution in [0.3, 0.4) is 0 Å². The van der Waals surface area contributed by atoms with Crippen LogP contribution >= 0.6 is 0 Å². The maximum absolute atomic E-state index is 12.5. The molecule has 2 saturated heterocycles. The highest BCUT2D eigenvalue weighted by Gasteiger charge is 2.34. The Bertz CT molecular complexity index is 1430. The van der Waals surface area contributed by atoms with Crippen molar-refractivity contribution >= 4 is 46.2 Å². The van der Waals surface area contributed by atoms with E-state index >= 15 is 0 Å². The van der Waals surface area contributed by atoms with Crippen LogP contribution in [0.1, 0.15) is 45.3 Å². The van der Waals surface area contributed by atoms with Crippen molar-refractivity contribution in [1.82, 2.24) is 25.1 Å². The zero-order valence-corrected chi connectivity index (χ0v) is 23.2. The Morgan fingerprint density at radius 1 is 1.12 bits per heavy atom.